The summed E-state index contributed by atoms with van der Waals surface area (Å²) >= 11 is 0. The van der Waals surface area contributed by atoms with Gasteiger partial charge in [0.05, 0.1) is 6.42 Å². The number of rotatable bonds is 4. The van der Waals surface area contributed by atoms with Crippen LogP contribution in [-0.2, 0) is 16.0 Å². The van der Waals surface area contributed by atoms with Gasteiger partial charge in [0.25, 0.3) is 0 Å². The molecule has 0 spiro atoms. The van der Waals surface area contributed by atoms with E-state index < -0.39 is 12.7 Å². The third kappa shape index (κ3) is 3.90. The molecular weight excluding hydrogens is 282 g/mol. The third-order valence-electron chi connectivity index (χ3n) is 3.32. The lowest BCUT2D eigenvalue weighted by atomic mass is 10.1. The molecule has 1 aromatic rings. The van der Waals surface area contributed by atoms with Crippen LogP contribution in [0.2, 0.25) is 0 Å². The number of carbonyl (C=O) groups is 2. The van der Waals surface area contributed by atoms with Crippen LogP contribution in [0, 0.1) is 0 Å². The number of nitrogens with one attached hydrogen (secondary N) is 1. The molecule has 0 aromatic heterocycles. The Morgan fingerprint density at radius 3 is 2.71 bits per heavy atom. The van der Waals surface area contributed by atoms with Crippen molar-refractivity contribution in [1.82, 2.24) is 10.2 Å². The van der Waals surface area contributed by atoms with Crippen LogP contribution < -0.4 is 10.1 Å². The van der Waals surface area contributed by atoms with Gasteiger partial charge in [-0.2, -0.15) is 8.78 Å². The largest absolute Gasteiger partial charge is 0.435 e. The van der Waals surface area contributed by atoms with Crippen molar-refractivity contribution in [3.8, 4) is 5.75 Å². The Labute approximate surface area is 120 Å². The van der Waals surface area contributed by atoms with Crippen molar-refractivity contribution in [3.05, 3.63) is 29.8 Å². The number of ether oxygens (including phenoxy) is 1. The molecule has 0 bridgehead atoms. The average Bonchev–Trinajstić information content (AvgIpc) is 2.43. The van der Waals surface area contributed by atoms with Crippen LogP contribution in [0.4, 0.5) is 8.78 Å². The van der Waals surface area contributed by atoms with E-state index in [4.69, 9.17) is 0 Å². The maximum atomic E-state index is 12.2. The number of hydrogen-bond donors (Lipinski definition) is 1. The van der Waals surface area contributed by atoms with Gasteiger partial charge in [0, 0.05) is 13.1 Å². The number of nitrogens with zero attached hydrogens (tertiary/aromatic N) is 1. The Morgan fingerprint density at radius 2 is 2.10 bits per heavy atom. The Bertz CT molecular complexity index is 519. The second-order valence-electron chi connectivity index (χ2n) is 4.75. The summed E-state index contributed by atoms with van der Waals surface area (Å²) in [6.45, 7) is -0.286. The molecule has 1 aromatic carbocycles. The summed E-state index contributed by atoms with van der Waals surface area (Å²) in [4.78, 5) is 25.2. The average molecular weight is 298 g/mol. The lowest BCUT2D eigenvalue weighted by Gasteiger charge is -2.32. The standard InChI is InChI=1S/C14H16F2N2O3/c1-9-13(20)17-6-7-18(9)12(19)8-10-2-4-11(5-3-10)21-14(15)16/h2-5,9,14H,6-8H2,1H3,(H,17,20). The first kappa shape index (κ1) is 15.2. The Kier molecular flexibility index (Phi) is 4.72. The summed E-state index contributed by atoms with van der Waals surface area (Å²) in [6.07, 6.45) is 0.118. The molecule has 0 aliphatic carbocycles. The predicted octanol–water partition coefficient (Wildman–Crippen LogP) is 1.18. The van der Waals surface area contributed by atoms with Crippen molar-refractivity contribution >= 4 is 11.8 Å². The van der Waals surface area contributed by atoms with E-state index in [1.54, 1.807) is 19.1 Å². The van der Waals surface area contributed by atoms with E-state index in [-0.39, 0.29) is 24.0 Å². The molecular formula is C14H16F2N2O3. The molecule has 7 heteroatoms. The SMILES string of the molecule is CC1C(=O)NCCN1C(=O)Cc1ccc(OC(F)F)cc1. The number of benzene rings is 1. The summed E-state index contributed by atoms with van der Waals surface area (Å²) < 4.78 is 28.3. The van der Waals surface area contributed by atoms with Gasteiger partial charge < -0.3 is 15.0 Å². The first-order chi connectivity index (χ1) is 9.97. The molecule has 1 heterocycles. The quantitative estimate of drug-likeness (QED) is 0.908. The second-order valence-corrected chi connectivity index (χ2v) is 4.75. The topological polar surface area (TPSA) is 58.6 Å². The Balaban J connectivity index is 1.97. The molecule has 1 fully saturated rings. The molecule has 1 atom stereocenters. The monoisotopic (exact) mass is 298 g/mol. The summed E-state index contributed by atoms with van der Waals surface area (Å²) in [7, 11) is 0. The molecule has 1 aliphatic heterocycles. The number of alkyl halides is 2. The van der Waals surface area contributed by atoms with E-state index >= 15 is 0 Å². The normalized spacial score (nSPS) is 18.6. The van der Waals surface area contributed by atoms with Crippen LogP contribution in [0.1, 0.15) is 12.5 Å². The molecule has 114 valence electrons. The van der Waals surface area contributed by atoms with Crippen molar-refractivity contribution in [2.45, 2.75) is 26.0 Å². The Morgan fingerprint density at radius 1 is 1.43 bits per heavy atom. The van der Waals surface area contributed by atoms with Crippen LogP contribution in [0.3, 0.4) is 0 Å². The number of piperazine rings is 1. The van der Waals surface area contributed by atoms with Crippen molar-refractivity contribution < 1.29 is 23.1 Å². The zero-order chi connectivity index (χ0) is 15.4. The highest BCUT2D eigenvalue weighted by atomic mass is 19.3. The minimum atomic E-state index is -2.87. The van der Waals surface area contributed by atoms with Crippen molar-refractivity contribution in [1.29, 1.82) is 0 Å². The highest BCUT2D eigenvalue weighted by molar-refractivity contribution is 5.89. The van der Waals surface area contributed by atoms with E-state index in [1.165, 1.54) is 17.0 Å². The summed E-state index contributed by atoms with van der Waals surface area (Å²) in [5.74, 6) is -0.290. The number of carbonyl (C=O) groups excluding carboxylic acids is 2. The molecule has 1 unspecified atom stereocenters. The minimum Gasteiger partial charge on any atom is -0.435 e. The van der Waals surface area contributed by atoms with Crippen LogP contribution in [0.15, 0.2) is 24.3 Å². The fourth-order valence-corrected chi connectivity index (χ4v) is 2.19. The highest BCUT2D eigenvalue weighted by Crippen LogP contribution is 2.16. The van der Waals surface area contributed by atoms with Gasteiger partial charge in [-0.15, -0.1) is 0 Å². The molecule has 1 aliphatic rings. The molecule has 1 saturated heterocycles. The second kappa shape index (κ2) is 6.51. The van der Waals surface area contributed by atoms with Gasteiger partial charge in [-0.05, 0) is 24.6 Å². The van der Waals surface area contributed by atoms with Crippen LogP contribution in [0.25, 0.3) is 0 Å². The van der Waals surface area contributed by atoms with E-state index in [1.807, 2.05) is 0 Å². The van der Waals surface area contributed by atoms with Gasteiger partial charge in [0.15, 0.2) is 0 Å². The molecule has 21 heavy (non-hydrogen) atoms. The maximum Gasteiger partial charge on any atom is 0.387 e. The third-order valence-corrected chi connectivity index (χ3v) is 3.32. The van der Waals surface area contributed by atoms with Gasteiger partial charge in [-0.3, -0.25) is 9.59 Å². The van der Waals surface area contributed by atoms with Crippen LogP contribution >= 0.6 is 0 Å². The van der Waals surface area contributed by atoms with Crippen molar-refractivity contribution in [3.63, 3.8) is 0 Å². The van der Waals surface area contributed by atoms with Crippen LogP contribution in [0.5, 0.6) is 5.75 Å². The molecule has 2 amide bonds. The highest BCUT2D eigenvalue weighted by Gasteiger charge is 2.28. The van der Waals surface area contributed by atoms with Gasteiger partial charge in [-0.1, -0.05) is 12.1 Å². The fraction of sp³-hybridized carbons (Fsp3) is 0.429. The van der Waals surface area contributed by atoms with Crippen LogP contribution in [-0.4, -0.2) is 42.5 Å². The number of halogens is 2. The first-order valence-electron chi connectivity index (χ1n) is 6.58. The smallest absolute Gasteiger partial charge is 0.387 e. The van der Waals surface area contributed by atoms with Gasteiger partial charge in [0.1, 0.15) is 11.8 Å². The van der Waals surface area contributed by atoms with E-state index in [9.17, 15) is 18.4 Å². The summed E-state index contributed by atoms with van der Waals surface area (Å²) in [6, 6.07) is 5.41. The predicted molar refractivity (Wildman–Crippen MR) is 71.0 cm³/mol. The minimum absolute atomic E-state index is 0.0481. The van der Waals surface area contributed by atoms with E-state index in [0.717, 1.165) is 0 Å². The van der Waals surface area contributed by atoms with Crippen molar-refractivity contribution in [2.24, 2.45) is 0 Å². The fourth-order valence-electron chi connectivity index (χ4n) is 2.19. The first-order valence-corrected chi connectivity index (χ1v) is 6.58. The van der Waals surface area contributed by atoms with Gasteiger partial charge in [-0.25, -0.2) is 0 Å². The summed E-state index contributed by atoms with van der Waals surface area (Å²) in [5, 5.41) is 2.69. The lowest BCUT2D eigenvalue weighted by Crippen LogP contribution is -2.56. The number of amides is 2. The maximum absolute atomic E-state index is 12.2. The zero-order valence-electron chi connectivity index (χ0n) is 11.5. The zero-order valence-corrected chi connectivity index (χ0v) is 11.5. The molecule has 1 N–H and O–H groups in total. The molecule has 0 saturated carbocycles. The Hall–Kier alpha value is -2.18. The van der Waals surface area contributed by atoms with Crippen molar-refractivity contribution in [2.75, 3.05) is 13.1 Å². The van der Waals surface area contributed by atoms with E-state index in [2.05, 4.69) is 10.1 Å². The van der Waals surface area contributed by atoms with Gasteiger partial charge in [0.2, 0.25) is 11.8 Å². The molecule has 0 radical (unpaired) electrons. The molecule has 5 nitrogen and oxygen atoms in total. The van der Waals surface area contributed by atoms with E-state index in [0.29, 0.717) is 18.7 Å². The lowest BCUT2D eigenvalue weighted by molar-refractivity contribution is -0.142. The molecule has 2 rings (SSSR count). The summed E-state index contributed by atoms with van der Waals surface area (Å²) in [5.41, 5.74) is 0.680. The number of hydrogen-bond acceptors (Lipinski definition) is 3. The van der Waals surface area contributed by atoms with Gasteiger partial charge >= 0.3 is 6.61 Å².